The monoisotopic (exact) mass is 291 g/mol. The number of rotatable bonds is 2. The summed E-state index contributed by atoms with van der Waals surface area (Å²) in [7, 11) is 1.57. The molecule has 2 heterocycles. The highest BCUT2D eigenvalue weighted by atomic mass is 16.5. The lowest BCUT2D eigenvalue weighted by molar-refractivity contribution is 0.101. The highest BCUT2D eigenvalue weighted by Crippen LogP contribution is 2.19. The second-order valence-corrected chi connectivity index (χ2v) is 4.66. The molecule has 3 aromatic rings. The molecule has 108 valence electrons. The van der Waals surface area contributed by atoms with E-state index in [0.29, 0.717) is 22.6 Å². The Morgan fingerprint density at radius 2 is 2.14 bits per heavy atom. The van der Waals surface area contributed by atoms with Crippen molar-refractivity contribution in [3.05, 3.63) is 59.5 Å². The van der Waals surface area contributed by atoms with Gasteiger partial charge < -0.3 is 4.74 Å². The lowest BCUT2D eigenvalue weighted by atomic mass is 10.1. The molecule has 0 radical (unpaired) electrons. The molecule has 5 nitrogen and oxygen atoms in total. The van der Waals surface area contributed by atoms with Crippen LogP contribution in [0.4, 0.5) is 0 Å². The van der Waals surface area contributed by atoms with Crippen molar-refractivity contribution < 1.29 is 9.53 Å². The van der Waals surface area contributed by atoms with Gasteiger partial charge in [0.2, 0.25) is 0 Å². The summed E-state index contributed by atoms with van der Waals surface area (Å²) in [5, 5.41) is 4.21. The van der Waals surface area contributed by atoms with Gasteiger partial charge in [-0.25, -0.2) is 9.50 Å². The number of hydrogen-bond donors (Lipinski definition) is 0. The van der Waals surface area contributed by atoms with E-state index in [9.17, 15) is 4.79 Å². The van der Waals surface area contributed by atoms with E-state index in [1.165, 1.54) is 6.92 Å². The van der Waals surface area contributed by atoms with E-state index in [1.54, 1.807) is 42.2 Å². The molecule has 0 aliphatic carbocycles. The first-order valence-corrected chi connectivity index (χ1v) is 6.69. The number of Topliss-reactive ketones (excluding diaryl/α,β-unsaturated/α-hetero) is 1. The van der Waals surface area contributed by atoms with Gasteiger partial charge in [-0.3, -0.25) is 4.79 Å². The lowest BCUT2D eigenvalue weighted by Crippen LogP contribution is -1.96. The van der Waals surface area contributed by atoms with Crippen LogP contribution in [0.1, 0.15) is 28.5 Å². The van der Waals surface area contributed by atoms with E-state index in [2.05, 4.69) is 21.9 Å². The number of carbonyl (C=O) groups is 1. The molecule has 2 aromatic heterocycles. The molecule has 22 heavy (non-hydrogen) atoms. The van der Waals surface area contributed by atoms with Gasteiger partial charge in [-0.2, -0.15) is 5.10 Å². The molecule has 0 amide bonds. The van der Waals surface area contributed by atoms with Gasteiger partial charge in [-0.05, 0) is 43.2 Å². The summed E-state index contributed by atoms with van der Waals surface area (Å²) in [5.41, 5.74) is 2.66. The maximum atomic E-state index is 11.5. The second kappa shape index (κ2) is 5.70. The molecule has 0 N–H and O–H groups in total. The lowest BCUT2D eigenvalue weighted by Gasteiger charge is -2.04. The average Bonchev–Trinajstić information content (AvgIpc) is 2.95. The topological polar surface area (TPSA) is 56.5 Å². The molecular weight excluding hydrogens is 278 g/mol. The zero-order valence-electron chi connectivity index (χ0n) is 12.2. The van der Waals surface area contributed by atoms with Crippen molar-refractivity contribution in [1.29, 1.82) is 0 Å². The van der Waals surface area contributed by atoms with Crippen LogP contribution in [-0.4, -0.2) is 27.5 Å². The fourth-order valence-corrected chi connectivity index (χ4v) is 2.07. The number of benzene rings is 1. The van der Waals surface area contributed by atoms with Crippen LogP contribution in [0.15, 0.2) is 42.7 Å². The van der Waals surface area contributed by atoms with Crippen molar-refractivity contribution in [2.24, 2.45) is 0 Å². The molecule has 5 heteroatoms. The van der Waals surface area contributed by atoms with Gasteiger partial charge in [0.15, 0.2) is 11.4 Å². The normalized spacial score (nSPS) is 10.1. The first-order valence-electron chi connectivity index (χ1n) is 6.69. The number of fused-ring (bicyclic) bond motifs is 1. The number of imidazole rings is 1. The predicted octanol–water partition coefficient (Wildman–Crippen LogP) is 2.34. The maximum Gasteiger partial charge on any atom is 0.159 e. The minimum atomic E-state index is -0.0119. The van der Waals surface area contributed by atoms with Gasteiger partial charge in [0.05, 0.1) is 18.9 Å². The van der Waals surface area contributed by atoms with Crippen LogP contribution in [0.25, 0.3) is 5.65 Å². The third kappa shape index (κ3) is 2.54. The van der Waals surface area contributed by atoms with Crippen LogP contribution in [0.5, 0.6) is 5.75 Å². The number of ketones is 1. The number of hydrogen-bond acceptors (Lipinski definition) is 4. The van der Waals surface area contributed by atoms with E-state index >= 15 is 0 Å². The molecule has 0 aliphatic rings. The Balaban J connectivity index is 2.06. The summed E-state index contributed by atoms with van der Waals surface area (Å²) in [4.78, 5) is 15.7. The number of nitrogens with zero attached hydrogens (tertiary/aromatic N) is 3. The molecule has 3 rings (SSSR count). The van der Waals surface area contributed by atoms with Crippen molar-refractivity contribution >= 4 is 11.4 Å². The molecule has 0 aliphatic heterocycles. The third-order valence-electron chi connectivity index (χ3n) is 3.21. The number of aromatic nitrogens is 3. The van der Waals surface area contributed by atoms with E-state index in [1.807, 2.05) is 12.1 Å². The highest BCUT2D eigenvalue weighted by molar-refractivity contribution is 5.94. The fraction of sp³-hybridized carbons (Fsp3) is 0.118. The van der Waals surface area contributed by atoms with Crippen LogP contribution in [0.2, 0.25) is 0 Å². The van der Waals surface area contributed by atoms with Gasteiger partial charge in [-0.1, -0.05) is 5.92 Å². The molecule has 1 aromatic carbocycles. The van der Waals surface area contributed by atoms with Crippen LogP contribution in [-0.2, 0) is 0 Å². The number of methoxy groups -OCH3 is 1. The minimum Gasteiger partial charge on any atom is -0.495 e. The molecule has 0 saturated carbocycles. The van der Waals surface area contributed by atoms with Gasteiger partial charge in [0.1, 0.15) is 11.4 Å². The van der Waals surface area contributed by atoms with Gasteiger partial charge in [-0.15, -0.1) is 0 Å². The Morgan fingerprint density at radius 1 is 1.27 bits per heavy atom. The number of ether oxygens (including phenoxy) is 1. The summed E-state index contributed by atoms with van der Waals surface area (Å²) in [6.07, 6.45) is 3.34. The summed E-state index contributed by atoms with van der Waals surface area (Å²) in [6, 6.07) is 8.87. The van der Waals surface area contributed by atoms with Crippen molar-refractivity contribution in [2.75, 3.05) is 7.11 Å². The van der Waals surface area contributed by atoms with Gasteiger partial charge in [0, 0.05) is 11.8 Å². The maximum absolute atomic E-state index is 11.5. The van der Waals surface area contributed by atoms with Crippen LogP contribution in [0, 0.1) is 11.8 Å². The molecule has 0 bridgehead atoms. The van der Waals surface area contributed by atoms with Crippen LogP contribution in [0.3, 0.4) is 0 Å². The first-order chi connectivity index (χ1) is 10.7. The SMILES string of the molecule is COc1ccc(C(C)=O)cc1C#Cc1cnc2cccnn12. The van der Waals surface area contributed by atoms with E-state index < -0.39 is 0 Å². The third-order valence-corrected chi connectivity index (χ3v) is 3.21. The second-order valence-electron chi connectivity index (χ2n) is 4.66. The molecule has 0 fully saturated rings. The Morgan fingerprint density at radius 3 is 2.91 bits per heavy atom. The first kappa shape index (κ1) is 13.8. The predicted molar refractivity (Wildman–Crippen MR) is 82.0 cm³/mol. The fourth-order valence-electron chi connectivity index (χ4n) is 2.07. The smallest absolute Gasteiger partial charge is 0.159 e. The summed E-state index contributed by atoms with van der Waals surface area (Å²) >= 11 is 0. The largest absolute Gasteiger partial charge is 0.495 e. The van der Waals surface area contributed by atoms with E-state index in [4.69, 9.17) is 4.74 Å². The van der Waals surface area contributed by atoms with Crippen molar-refractivity contribution in [3.63, 3.8) is 0 Å². The van der Waals surface area contributed by atoms with E-state index in [-0.39, 0.29) is 5.78 Å². The van der Waals surface area contributed by atoms with Crippen molar-refractivity contribution in [2.45, 2.75) is 6.92 Å². The Bertz CT molecular complexity index is 916. The zero-order valence-corrected chi connectivity index (χ0v) is 12.2. The van der Waals surface area contributed by atoms with Crippen LogP contribution >= 0.6 is 0 Å². The zero-order chi connectivity index (χ0) is 15.5. The van der Waals surface area contributed by atoms with Gasteiger partial charge in [0.25, 0.3) is 0 Å². The average molecular weight is 291 g/mol. The summed E-state index contributed by atoms with van der Waals surface area (Å²) < 4.78 is 6.95. The molecule has 0 atom stereocenters. The number of carbonyl (C=O) groups excluding carboxylic acids is 1. The highest BCUT2D eigenvalue weighted by Gasteiger charge is 2.06. The molecule has 0 saturated heterocycles. The molecule has 0 unspecified atom stereocenters. The minimum absolute atomic E-state index is 0.0119. The van der Waals surface area contributed by atoms with Crippen molar-refractivity contribution in [1.82, 2.24) is 14.6 Å². The standard InChI is InChI=1S/C17H13N3O2/c1-12(21)13-6-8-16(22-2)14(10-13)5-7-15-11-18-17-4-3-9-19-20(15)17/h3-4,6,8-11H,1-2H3. The van der Waals surface area contributed by atoms with E-state index in [0.717, 1.165) is 5.65 Å². The molecule has 0 spiro atoms. The van der Waals surface area contributed by atoms with Gasteiger partial charge >= 0.3 is 0 Å². The summed E-state index contributed by atoms with van der Waals surface area (Å²) in [6.45, 7) is 1.52. The summed E-state index contributed by atoms with van der Waals surface area (Å²) in [5.74, 6) is 6.66. The Kier molecular flexibility index (Phi) is 3.58. The molecular formula is C17H13N3O2. The van der Waals surface area contributed by atoms with Crippen LogP contribution < -0.4 is 4.74 Å². The van der Waals surface area contributed by atoms with Crippen molar-refractivity contribution in [3.8, 4) is 17.6 Å². The Hall–Kier alpha value is -3.13. The quantitative estimate of drug-likeness (QED) is 0.537. The Labute approximate surface area is 127 Å².